The molecule has 2 N–H and O–H groups in total. The van der Waals surface area contributed by atoms with Crippen LogP contribution >= 0.6 is 23.4 Å². The van der Waals surface area contributed by atoms with Crippen LogP contribution in [-0.4, -0.2) is 17.1 Å². The van der Waals surface area contributed by atoms with Gasteiger partial charge in [-0.1, -0.05) is 29.4 Å². The molecule has 27 heavy (non-hydrogen) atoms. The minimum Gasteiger partial charge on any atom is -0.469 e. The fraction of sp³-hybridized carbons (Fsp3) is 0.211. The highest BCUT2D eigenvalue weighted by molar-refractivity contribution is 8.04. The number of halogens is 1. The van der Waals surface area contributed by atoms with E-state index in [2.05, 4.69) is 6.07 Å². The number of nitrogens with two attached hydrogens (primary N) is 1. The third kappa shape index (κ3) is 2.64. The smallest absolute Gasteiger partial charge is 0.248 e. The molecule has 2 aliphatic heterocycles. The predicted octanol–water partition coefficient (Wildman–Crippen LogP) is 3.32. The molecule has 0 saturated carbocycles. The molecule has 2 aromatic rings. The Bertz CT molecular complexity index is 1030. The Morgan fingerprint density at radius 1 is 1.30 bits per heavy atom. The molecule has 4 rings (SSSR count). The van der Waals surface area contributed by atoms with Crippen LogP contribution in [0.5, 0.6) is 0 Å². The van der Waals surface area contributed by atoms with Crippen LogP contribution in [0.3, 0.4) is 0 Å². The first-order valence-corrected chi connectivity index (χ1v) is 9.43. The molecule has 0 bridgehead atoms. The summed E-state index contributed by atoms with van der Waals surface area (Å²) < 4.78 is 5.47. The molecule has 6 nitrogen and oxygen atoms in total. The number of nitriles is 1. The Morgan fingerprint density at radius 3 is 2.70 bits per heavy atom. The molecule has 1 aromatic heterocycles. The molecule has 0 radical (unpaired) electrons. The number of aryl methyl sites for hydroxylation is 1. The normalized spacial score (nSPS) is 24.9. The van der Waals surface area contributed by atoms with Crippen molar-refractivity contribution in [2.24, 2.45) is 11.7 Å². The summed E-state index contributed by atoms with van der Waals surface area (Å²) in [6.07, 6.45) is 1.47. The first-order valence-electron chi connectivity index (χ1n) is 8.17. The molecule has 3 atom stereocenters. The number of imide groups is 1. The van der Waals surface area contributed by atoms with Crippen molar-refractivity contribution in [3.63, 3.8) is 0 Å². The highest BCUT2D eigenvalue weighted by atomic mass is 35.5. The number of hydrogen-bond donors (Lipinski definition) is 1. The van der Waals surface area contributed by atoms with Gasteiger partial charge in [0, 0.05) is 5.02 Å². The third-order valence-corrected chi connectivity index (χ3v) is 6.50. The number of rotatable bonds is 2. The van der Waals surface area contributed by atoms with Crippen LogP contribution < -0.4 is 10.6 Å². The van der Waals surface area contributed by atoms with Gasteiger partial charge < -0.3 is 10.2 Å². The van der Waals surface area contributed by atoms with E-state index in [1.54, 1.807) is 30.3 Å². The predicted molar refractivity (Wildman–Crippen MR) is 102 cm³/mol. The average molecular weight is 400 g/mol. The summed E-state index contributed by atoms with van der Waals surface area (Å²) >= 11 is 7.23. The van der Waals surface area contributed by atoms with Gasteiger partial charge in [-0.25, -0.2) is 4.90 Å². The maximum atomic E-state index is 13.3. The standard InChI is InChI=1S/C19H14ClN3O3S/c1-9-4-5-10(7-12(9)20)23-18(24)15-14(13-3-2-6-26-13)11(8-21)17(22)27-16(15)19(23)25/h2-7,14-16H,22H2,1H3. The van der Waals surface area contributed by atoms with Gasteiger partial charge in [-0.15, -0.1) is 0 Å². The van der Waals surface area contributed by atoms with E-state index in [0.717, 1.165) is 22.2 Å². The van der Waals surface area contributed by atoms with Crippen molar-refractivity contribution in [2.75, 3.05) is 4.90 Å². The van der Waals surface area contributed by atoms with Crippen molar-refractivity contribution in [3.8, 4) is 6.07 Å². The van der Waals surface area contributed by atoms with E-state index in [9.17, 15) is 14.9 Å². The zero-order chi connectivity index (χ0) is 19.3. The molecule has 1 aromatic carbocycles. The lowest BCUT2D eigenvalue weighted by molar-refractivity contribution is -0.122. The van der Waals surface area contributed by atoms with E-state index < -0.39 is 17.1 Å². The van der Waals surface area contributed by atoms with Crippen molar-refractivity contribution < 1.29 is 14.0 Å². The van der Waals surface area contributed by atoms with Gasteiger partial charge in [0.2, 0.25) is 11.8 Å². The molecular formula is C19H14ClN3O3S. The number of furan rings is 1. The first-order chi connectivity index (χ1) is 12.9. The van der Waals surface area contributed by atoms with Crippen LogP contribution in [0.1, 0.15) is 17.2 Å². The van der Waals surface area contributed by atoms with E-state index in [0.29, 0.717) is 16.5 Å². The maximum absolute atomic E-state index is 13.3. The number of nitrogens with zero attached hydrogens (tertiary/aromatic N) is 2. The van der Waals surface area contributed by atoms with Gasteiger partial charge >= 0.3 is 0 Å². The van der Waals surface area contributed by atoms with Crippen molar-refractivity contribution in [3.05, 3.63) is 63.5 Å². The first kappa shape index (κ1) is 17.7. The summed E-state index contributed by atoms with van der Waals surface area (Å²) in [5.41, 5.74) is 7.56. The SMILES string of the molecule is Cc1ccc(N2C(=O)C3SC(N)=C(C#N)C(c4ccco4)C3C2=O)cc1Cl. The van der Waals surface area contributed by atoms with E-state index in [-0.39, 0.29) is 22.4 Å². The Kier molecular flexibility index (Phi) is 4.25. The summed E-state index contributed by atoms with van der Waals surface area (Å²) in [6, 6.07) is 10.5. The molecule has 3 heterocycles. The second kappa shape index (κ2) is 6.48. The van der Waals surface area contributed by atoms with Crippen molar-refractivity contribution in [1.29, 1.82) is 5.26 Å². The van der Waals surface area contributed by atoms with Gasteiger partial charge in [-0.2, -0.15) is 5.26 Å². The lowest BCUT2D eigenvalue weighted by atomic mass is 9.82. The van der Waals surface area contributed by atoms with E-state index in [1.807, 2.05) is 6.92 Å². The monoisotopic (exact) mass is 399 g/mol. The molecule has 8 heteroatoms. The van der Waals surface area contributed by atoms with Crippen molar-refractivity contribution >= 4 is 40.9 Å². The number of carbonyl (C=O) groups is 2. The molecule has 0 aliphatic carbocycles. The minimum absolute atomic E-state index is 0.241. The van der Waals surface area contributed by atoms with E-state index in [1.165, 1.54) is 6.26 Å². The maximum Gasteiger partial charge on any atom is 0.248 e. The summed E-state index contributed by atoms with van der Waals surface area (Å²) in [6.45, 7) is 1.84. The van der Waals surface area contributed by atoms with Crippen LogP contribution in [0.4, 0.5) is 5.69 Å². The number of thioether (sulfide) groups is 1. The molecule has 136 valence electrons. The van der Waals surface area contributed by atoms with Gasteiger partial charge in [0.1, 0.15) is 11.0 Å². The Labute approximate surface area is 164 Å². The number of anilines is 1. The lowest BCUT2D eigenvalue weighted by Crippen LogP contribution is -2.33. The highest BCUT2D eigenvalue weighted by Gasteiger charge is 2.56. The van der Waals surface area contributed by atoms with Gasteiger partial charge in [-0.05, 0) is 36.8 Å². The fourth-order valence-corrected chi connectivity index (χ4v) is 4.90. The second-order valence-corrected chi connectivity index (χ2v) is 7.98. The molecule has 1 saturated heterocycles. The molecule has 1 fully saturated rings. The summed E-state index contributed by atoms with van der Waals surface area (Å²) in [5.74, 6) is -1.78. The number of benzene rings is 1. The van der Waals surface area contributed by atoms with Crippen LogP contribution in [0.2, 0.25) is 5.02 Å². The van der Waals surface area contributed by atoms with Crippen LogP contribution in [0.25, 0.3) is 0 Å². The minimum atomic E-state index is -0.768. The zero-order valence-corrected chi connectivity index (χ0v) is 15.8. The summed E-state index contributed by atoms with van der Waals surface area (Å²) in [4.78, 5) is 27.4. The van der Waals surface area contributed by atoms with Gasteiger partial charge in [-0.3, -0.25) is 9.59 Å². The number of fused-ring (bicyclic) bond motifs is 1. The summed E-state index contributed by atoms with van der Waals surface area (Å²) in [5, 5.41) is 9.57. The Morgan fingerprint density at radius 2 is 2.07 bits per heavy atom. The van der Waals surface area contributed by atoms with Crippen LogP contribution in [-0.2, 0) is 9.59 Å². The number of allylic oxidation sites excluding steroid dienone is 1. The Balaban J connectivity index is 1.82. The third-order valence-electron chi connectivity index (χ3n) is 4.87. The van der Waals surface area contributed by atoms with Crippen molar-refractivity contribution in [2.45, 2.75) is 18.1 Å². The van der Waals surface area contributed by atoms with Gasteiger partial charge in [0.15, 0.2) is 0 Å². The van der Waals surface area contributed by atoms with Gasteiger partial charge in [0.25, 0.3) is 0 Å². The number of amides is 2. The average Bonchev–Trinajstić information content (AvgIpc) is 3.25. The van der Waals surface area contributed by atoms with E-state index >= 15 is 0 Å². The molecule has 2 aliphatic rings. The second-order valence-electron chi connectivity index (χ2n) is 6.39. The van der Waals surface area contributed by atoms with E-state index in [4.69, 9.17) is 21.8 Å². The van der Waals surface area contributed by atoms with Crippen LogP contribution in [0.15, 0.2) is 51.6 Å². The molecule has 0 spiro atoms. The van der Waals surface area contributed by atoms with Crippen LogP contribution in [0, 0.1) is 24.2 Å². The fourth-order valence-electron chi connectivity index (χ4n) is 3.53. The largest absolute Gasteiger partial charge is 0.469 e. The number of hydrogen-bond acceptors (Lipinski definition) is 6. The Hall–Kier alpha value is -2.69. The summed E-state index contributed by atoms with van der Waals surface area (Å²) in [7, 11) is 0. The molecule has 3 unspecified atom stereocenters. The molecular weight excluding hydrogens is 386 g/mol. The quantitative estimate of drug-likeness (QED) is 0.777. The van der Waals surface area contributed by atoms with Gasteiger partial charge in [0.05, 0.1) is 40.5 Å². The number of carbonyl (C=O) groups excluding carboxylic acids is 2. The lowest BCUT2D eigenvalue weighted by Gasteiger charge is -2.28. The highest BCUT2D eigenvalue weighted by Crippen LogP contribution is 2.51. The van der Waals surface area contributed by atoms with Crippen molar-refractivity contribution in [1.82, 2.24) is 0 Å². The zero-order valence-electron chi connectivity index (χ0n) is 14.2. The topological polar surface area (TPSA) is 100 Å². The molecule has 2 amide bonds.